The number of aryl methyl sites for hydroxylation is 1. The molecule has 0 saturated carbocycles. The number of sulfonamides is 1. The number of benzene rings is 2. The van der Waals surface area contributed by atoms with Gasteiger partial charge in [-0.25, -0.2) is 18.4 Å². The molecule has 0 saturated heterocycles. The monoisotopic (exact) mass is 360 g/mol. The summed E-state index contributed by atoms with van der Waals surface area (Å²) in [7, 11) is -3.89. The standard InChI is InChI=1S/C16H16N4O4S/c1-10-6-7-11(8-14(10)25(17,23)24)18-15(21)9-20-13-5-3-2-4-12(13)19-16(20)22/h2-8H,9H2,1H3,(H,18,21)(H,19,22)(H2,17,23,24). The highest BCUT2D eigenvalue weighted by atomic mass is 32.2. The lowest BCUT2D eigenvalue weighted by molar-refractivity contribution is -0.116. The highest BCUT2D eigenvalue weighted by molar-refractivity contribution is 7.89. The van der Waals surface area contributed by atoms with Gasteiger partial charge in [-0.3, -0.25) is 9.36 Å². The molecule has 25 heavy (non-hydrogen) atoms. The van der Waals surface area contributed by atoms with E-state index in [-0.39, 0.29) is 17.1 Å². The normalized spacial score (nSPS) is 11.6. The Balaban J connectivity index is 1.86. The van der Waals surface area contributed by atoms with Crippen molar-refractivity contribution in [1.82, 2.24) is 9.55 Å². The van der Waals surface area contributed by atoms with Crippen LogP contribution in [0.2, 0.25) is 0 Å². The molecule has 1 aromatic heterocycles. The average Bonchev–Trinajstić information content (AvgIpc) is 2.84. The van der Waals surface area contributed by atoms with E-state index in [1.54, 1.807) is 43.3 Å². The molecule has 3 rings (SSSR count). The first-order chi connectivity index (χ1) is 11.8. The first kappa shape index (κ1) is 16.9. The minimum absolute atomic E-state index is 0.0606. The molecule has 0 atom stereocenters. The van der Waals surface area contributed by atoms with Gasteiger partial charge in [0.15, 0.2) is 0 Å². The van der Waals surface area contributed by atoms with E-state index in [4.69, 9.17) is 5.14 Å². The maximum atomic E-state index is 12.3. The molecule has 8 nitrogen and oxygen atoms in total. The van der Waals surface area contributed by atoms with Crippen LogP contribution in [0, 0.1) is 6.92 Å². The summed E-state index contributed by atoms with van der Waals surface area (Å²) < 4.78 is 24.4. The third-order valence-corrected chi connectivity index (χ3v) is 4.81. The minimum atomic E-state index is -3.89. The molecule has 0 aliphatic heterocycles. The quantitative estimate of drug-likeness (QED) is 0.639. The summed E-state index contributed by atoms with van der Waals surface area (Å²) in [6, 6.07) is 11.4. The number of hydrogen-bond donors (Lipinski definition) is 3. The first-order valence-electron chi connectivity index (χ1n) is 7.36. The van der Waals surface area contributed by atoms with Crippen LogP contribution < -0.4 is 16.1 Å². The second-order valence-corrected chi connectivity index (χ2v) is 7.14. The lowest BCUT2D eigenvalue weighted by Crippen LogP contribution is -2.26. The summed E-state index contributed by atoms with van der Waals surface area (Å²) in [6.45, 7) is 1.40. The van der Waals surface area contributed by atoms with E-state index in [2.05, 4.69) is 10.3 Å². The summed E-state index contributed by atoms with van der Waals surface area (Å²) in [5.41, 5.74) is 1.61. The third kappa shape index (κ3) is 3.47. The van der Waals surface area contributed by atoms with Crippen LogP contribution in [0.5, 0.6) is 0 Å². The van der Waals surface area contributed by atoms with Gasteiger partial charge < -0.3 is 10.3 Å². The molecule has 0 fully saturated rings. The molecule has 2 aromatic carbocycles. The molecule has 0 spiro atoms. The number of nitrogens with two attached hydrogens (primary N) is 1. The molecule has 0 unspecified atom stereocenters. The first-order valence-corrected chi connectivity index (χ1v) is 8.91. The number of aromatic amines is 1. The van der Waals surface area contributed by atoms with Gasteiger partial charge in [-0.05, 0) is 36.8 Å². The Labute approximate surface area is 143 Å². The molecule has 0 aliphatic rings. The van der Waals surface area contributed by atoms with E-state index in [1.165, 1.54) is 10.6 Å². The molecular weight excluding hydrogens is 344 g/mol. The summed E-state index contributed by atoms with van der Waals surface area (Å²) >= 11 is 0. The van der Waals surface area contributed by atoms with Gasteiger partial charge in [0, 0.05) is 5.69 Å². The number of H-pyrrole nitrogens is 1. The number of anilines is 1. The van der Waals surface area contributed by atoms with Gasteiger partial charge in [-0.1, -0.05) is 18.2 Å². The van der Waals surface area contributed by atoms with Crippen molar-refractivity contribution in [3.8, 4) is 0 Å². The van der Waals surface area contributed by atoms with Crippen LogP contribution >= 0.6 is 0 Å². The third-order valence-electron chi connectivity index (χ3n) is 3.76. The van der Waals surface area contributed by atoms with Crippen LogP contribution in [0.1, 0.15) is 5.56 Å². The fourth-order valence-electron chi connectivity index (χ4n) is 2.59. The molecule has 0 bridgehead atoms. The Hall–Kier alpha value is -2.91. The molecule has 1 amide bonds. The smallest absolute Gasteiger partial charge is 0.324 e. The second-order valence-electron chi connectivity index (χ2n) is 5.61. The summed E-state index contributed by atoms with van der Waals surface area (Å²) in [6.07, 6.45) is 0. The van der Waals surface area contributed by atoms with Gasteiger partial charge in [0.05, 0.1) is 15.9 Å². The molecule has 0 radical (unpaired) electrons. The molecular formula is C16H16N4O4S. The van der Waals surface area contributed by atoms with Crippen molar-refractivity contribution in [1.29, 1.82) is 0 Å². The van der Waals surface area contributed by atoms with E-state index in [0.29, 0.717) is 16.6 Å². The van der Waals surface area contributed by atoms with Crippen LogP contribution in [-0.4, -0.2) is 23.9 Å². The zero-order chi connectivity index (χ0) is 18.2. The van der Waals surface area contributed by atoms with Crippen molar-refractivity contribution in [2.75, 3.05) is 5.32 Å². The van der Waals surface area contributed by atoms with Crippen molar-refractivity contribution in [3.05, 3.63) is 58.5 Å². The van der Waals surface area contributed by atoms with Crippen LogP contribution in [-0.2, 0) is 21.4 Å². The largest absolute Gasteiger partial charge is 0.326 e. The molecule has 4 N–H and O–H groups in total. The van der Waals surface area contributed by atoms with Crippen molar-refractivity contribution in [3.63, 3.8) is 0 Å². The molecule has 9 heteroatoms. The van der Waals surface area contributed by atoms with Gasteiger partial charge in [-0.2, -0.15) is 0 Å². The summed E-state index contributed by atoms with van der Waals surface area (Å²) in [4.78, 5) is 26.8. The number of imidazole rings is 1. The zero-order valence-corrected chi connectivity index (χ0v) is 14.1. The fourth-order valence-corrected chi connectivity index (χ4v) is 3.40. The highest BCUT2D eigenvalue weighted by Gasteiger charge is 2.14. The van der Waals surface area contributed by atoms with Crippen LogP contribution in [0.4, 0.5) is 5.69 Å². The Kier molecular flexibility index (Phi) is 4.19. The van der Waals surface area contributed by atoms with Crippen molar-refractivity contribution in [2.24, 2.45) is 5.14 Å². The number of hydrogen-bond acceptors (Lipinski definition) is 4. The van der Waals surface area contributed by atoms with Crippen LogP contribution in [0.25, 0.3) is 11.0 Å². The van der Waals surface area contributed by atoms with Crippen LogP contribution in [0.15, 0.2) is 52.2 Å². The summed E-state index contributed by atoms with van der Waals surface area (Å²) in [5, 5.41) is 7.74. The zero-order valence-electron chi connectivity index (χ0n) is 13.3. The number of para-hydroxylation sites is 2. The number of aromatic nitrogens is 2. The fraction of sp³-hybridized carbons (Fsp3) is 0.125. The average molecular weight is 360 g/mol. The Bertz CT molecular complexity index is 1130. The lowest BCUT2D eigenvalue weighted by atomic mass is 10.2. The van der Waals surface area contributed by atoms with E-state index in [1.807, 2.05) is 0 Å². The van der Waals surface area contributed by atoms with E-state index < -0.39 is 21.6 Å². The highest BCUT2D eigenvalue weighted by Crippen LogP contribution is 2.19. The van der Waals surface area contributed by atoms with E-state index in [9.17, 15) is 18.0 Å². The number of nitrogens with zero attached hydrogens (tertiary/aromatic N) is 1. The van der Waals surface area contributed by atoms with Crippen molar-refractivity contribution >= 4 is 32.7 Å². The molecule has 130 valence electrons. The SMILES string of the molecule is Cc1ccc(NC(=O)Cn2c(=O)[nH]c3ccccc32)cc1S(N)(=O)=O. The second kappa shape index (κ2) is 6.19. The van der Waals surface area contributed by atoms with Gasteiger partial charge in [-0.15, -0.1) is 0 Å². The van der Waals surface area contributed by atoms with Gasteiger partial charge in [0.25, 0.3) is 0 Å². The van der Waals surface area contributed by atoms with Gasteiger partial charge in [0.1, 0.15) is 6.54 Å². The Morgan fingerprint density at radius 1 is 1.24 bits per heavy atom. The van der Waals surface area contributed by atoms with Gasteiger partial charge >= 0.3 is 5.69 Å². The maximum absolute atomic E-state index is 12.3. The number of nitrogens with one attached hydrogen (secondary N) is 2. The van der Waals surface area contributed by atoms with Crippen LogP contribution in [0.3, 0.4) is 0 Å². The Morgan fingerprint density at radius 3 is 2.68 bits per heavy atom. The summed E-state index contributed by atoms with van der Waals surface area (Å²) in [5.74, 6) is -0.462. The molecule has 1 heterocycles. The predicted molar refractivity (Wildman–Crippen MR) is 93.7 cm³/mol. The number of fused-ring (bicyclic) bond motifs is 1. The number of primary sulfonamides is 1. The molecule has 3 aromatic rings. The van der Waals surface area contributed by atoms with Crippen molar-refractivity contribution < 1.29 is 13.2 Å². The number of amides is 1. The van der Waals surface area contributed by atoms with Gasteiger partial charge in [0.2, 0.25) is 15.9 Å². The Morgan fingerprint density at radius 2 is 1.96 bits per heavy atom. The topological polar surface area (TPSA) is 127 Å². The van der Waals surface area contributed by atoms with E-state index in [0.717, 1.165) is 0 Å². The number of rotatable bonds is 4. The molecule has 0 aliphatic carbocycles. The maximum Gasteiger partial charge on any atom is 0.326 e. The predicted octanol–water partition coefficient (Wildman–Crippen LogP) is 0.924. The van der Waals surface area contributed by atoms with Crippen molar-refractivity contribution in [2.45, 2.75) is 18.4 Å². The van der Waals surface area contributed by atoms with E-state index >= 15 is 0 Å². The number of carbonyl (C=O) groups excluding carboxylic acids is 1. The minimum Gasteiger partial charge on any atom is -0.324 e. The lowest BCUT2D eigenvalue weighted by Gasteiger charge is -2.09. The number of carbonyl (C=O) groups is 1.